The number of hydrogen-bond donors (Lipinski definition) is 0. The van der Waals surface area contributed by atoms with Crippen LogP contribution in [0.4, 0.5) is 0 Å². The highest BCUT2D eigenvalue weighted by Gasteiger charge is 2.07. The summed E-state index contributed by atoms with van der Waals surface area (Å²) in [6.07, 6.45) is 3.37. The minimum absolute atomic E-state index is 0.358. The number of allylic oxidation sites excluding steroid dienone is 1. The highest BCUT2D eigenvalue weighted by atomic mass is 79.9. The van der Waals surface area contributed by atoms with Gasteiger partial charge in [-0.3, -0.25) is 0 Å². The molecule has 0 saturated carbocycles. The van der Waals surface area contributed by atoms with Gasteiger partial charge in [-0.05, 0) is 25.0 Å². The van der Waals surface area contributed by atoms with E-state index in [9.17, 15) is 4.79 Å². The maximum absolute atomic E-state index is 11.4. The van der Waals surface area contributed by atoms with Crippen molar-refractivity contribution in [2.75, 3.05) is 11.9 Å². The van der Waals surface area contributed by atoms with E-state index in [1.807, 2.05) is 24.3 Å². The fourth-order valence-corrected chi connectivity index (χ4v) is 1.91. The fraction of sp³-hybridized carbons (Fsp3) is 0.400. The summed E-state index contributed by atoms with van der Waals surface area (Å²) >= 11 is 3.32. The van der Waals surface area contributed by atoms with Crippen LogP contribution in [0.25, 0.3) is 0 Å². The highest BCUT2D eigenvalue weighted by Crippen LogP contribution is 2.22. The number of carbonyl (C=O) groups excluding carboxylic acids is 1. The van der Waals surface area contributed by atoms with Crippen LogP contribution in [-0.2, 0) is 16.0 Å². The van der Waals surface area contributed by atoms with Gasteiger partial charge in [0.2, 0.25) is 0 Å². The zero-order chi connectivity index (χ0) is 14.1. The van der Waals surface area contributed by atoms with Crippen LogP contribution in [0.2, 0.25) is 0 Å². The average Bonchev–Trinajstić information content (AvgIpc) is 2.40. The Labute approximate surface area is 122 Å². The van der Waals surface area contributed by atoms with E-state index in [-0.39, 0.29) is 5.97 Å². The molecule has 0 saturated heterocycles. The van der Waals surface area contributed by atoms with E-state index in [2.05, 4.69) is 22.9 Å². The van der Waals surface area contributed by atoms with Crippen LogP contribution >= 0.6 is 15.9 Å². The molecule has 3 nitrogen and oxygen atoms in total. The van der Waals surface area contributed by atoms with Crippen molar-refractivity contribution in [3.8, 4) is 5.75 Å². The second kappa shape index (κ2) is 8.75. The number of ether oxygens (including phenoxy) is 2. The van der Waals surface area contributed by atoms with Crippen molar-refractivity contribution >= 4 is 21.9 Å². The van der Waals surface area contributed by atoms with Gasteiger partial charge in [-0.25, -0.2) is 4.79 Å². The molecule has 1 rings (SSSR count). The van der Waals surface area contributed by atoms with Crippen molar-refractivity contribution < 1.29 is 14.3 Å². The molecular formula is C15H19BrO3. The number of aryl methyl sites for hydroxylation is 1. The van der Waals surface area contributed by atoms with Crippen molar-refractivity contribution in [3.63, 3.8) is 0 Å². The predicted octanol–water partition coefficient (Wildman–Crippen LogP) is 3.86. The highest BCUT2D eigenvalue weighted by molar-refractivity contribution is 9.09. The molecule has 0 aromatic heterocycles. The summed E-state index contributed by atoms with van der Waals surface area (Å²) < 4.78 is 10.7. The standard InChI is InChI=1S/C15H19BrO3/c1-3-7-12-8-5-6-9-14(12)19-13(11-16)10-15(17)18-4-2/h5-6,8-10H,3-4,7,11H2,1-2H3/b13-10-. The summed E-state index contributed by atoms with van der Waals surface area (Å²) in [5, 5.41) is 0.465. The van der Waals surface area contributed by atoms with Gasteiger partial charge in [0.25, 0.3) is 0 Å². The van der Waals surface area contributed by atoms with Gasteiger partial charge in [0.05, 0.1) is 18.0 Å². The molecule has 0 unspecified atom stereocenters. The van der Waals surface area contributed by atoms with Gasteiger partial charge in [-0.2, -0.15) is 0 Å². The van der Waals surface area contributed by atoms with Gasteiger partial charge in [-0.1, -0.05) is 47.5 Å². The Morgan fingerprint density at radius 2 is 2.05 bits per heavy atom. The van der Waals surface area contributed by atoms with Crippen LogP contribution in [0.15, 0.2) is 36.1 Å². The van der Waals surface area contributed by atoms with Gasteiger partial charge in [0, 0.05) is 0 Å². The Balaban J connectivity index is 2.83. The number of halogens is 1. The molecule has 0 aliphatic carbocycles. The second-order valence-electron chi connectivity index (χ2n) is 3.96. The van der Waals surface area contributed by atoms with Crippen molar-refractivity contribution in [1.29, 1.82) is 0 Å². The first kappa shape index (κ1) is 15.8. The second-order valence-corrected chi connectivity index (χ2v) is 4.52. The van der Waals surface area contributed by atoms with Crippen LogP contribution in [0, 0.1) is 0 Å². The van der Waals surface area contributed by atoms with Crippen LogP contribution < -0.4 is 4.74 Å². The van der Waals surface area contributed by atoms with E-state index in [1.54, 1.807) is 6.92 Å². The third-order valence-corrected chi connectivity index (χ3v) is 2.98. The quantitative estimate of drug-likeness (QED) is 0.330. The minimum Gasteiger partial charge on any atom is -0.463 e. The van der Waals surface area contributed by atoms with Crippen molar-refractivity contribution in [2.24, 2.45) is 0 Å². The number of rotatable bonds is 7. The summed E-state index contributed by atoms with van der Waals surface area (Å²) in [7, 11) is 0. The van der Waals surface area contributed by atoms with Crippen LogP contribution in [0.1, 0.15) is 25.8 Å². The van der Waals surface area contributed by atoms with Crippen LogP contribution in [-0.4, -0.2) is 17.9 Å². The minimum atomic E-state index is -0.384. The maximum atomic E-state index is 11.4. The smallest absolute Gasteiger partial charge is 0.334 e. The molecule has 0 fully saturated rings. The number of alkyl halides is 1. The van der Waals surface area contributed by atoms with E-state index in [0.29, 0.717) is 17.7 Å². The zero-order valence-electron chi connectivity index (χ0n) is 11.3. The van der Waals surface area contributed by atoms with Gasteiger partial charge < -0.3 is 9.47 Å². The molecule has 104 valence electrons. The van der Waals surface area contributed by atoms with Gasteiger partial charge in [-0.15, -0.1) is 0 Å². The Morgan fingerprint density at radius 3 is 2.68 bits per heavy atom. The number of benzene rings is 1. The molecule has 0 atom stereocenters. The van der Waals surface area contributed by atoms with Crippen molar-refractivity contribution in [1.82, 2.24) is 0 Å². The number of carbonyl (C=O) groups is 1. The summed E-state index contributed by atoms with van der Waals surface area (Å²) in [5.41, 5.74) is 1.14. The molecule has 0 N–H and O–H groups in total. The number of para-hydroxylation sites is 1. The lowest BCUT2D eigenvalue weighted by Crippen LogP contribution is -2.06. The first-order valence-corrected chi connectivity index (χ1v) is 7.52. The third-order valence-electron chi connectivity index (χ3n) is 2.43. The summed E-state index contributed by atoms with van der Waals surface area (Å²) in [5.74, 6) is 0.950. The number of hydrogen-bond acceptors (Lipinski definition) is 3. The SMILES string of the molecule is CCCc1ccccc1O/C(=C\C(=O)OCC)CBr. The largest absolute Gasteiger partial charge is 0.463 e. The third kappa shape index (κ3) is 5.47. The molecule has 0 amide bonds. The molecule has 0 bridgehead atoms. The zero-order valence-corrected chi connectivity index (χ0v) is 12.9. The molecule has 0 heterocycles. The molecule has 1 aromatic rings. The Morgan fingerprint density at radius 1 is 1.32 bits per heavy atom. The van der Waals surface area contributed by atoms with E-state index in [4.69, 9.17) is 9.47 Å². The monoisotopic (exact) mass is 326 g/mol. The maximum Gasteiger partial charge on any atom is 0.334 e. The Bertz CT molecular complexity index is 441. The summed E-state index contributed by atoms with van der Waals surface area (Å²) in [6, 6.07) is 7.85. The van der Waals surface area contributed by atoms with Crippen LogP contribution in [0.3, 0.4) is 0 Å². The Hall–Kier alpha value is -1.29. The summed E-state index contributed by atoms with van der Waals surface area (Å²) in [6.45, 7) is 4.25. The normalized spacial score (nSPS) is 11.2. The number of esters is 1. The Kier molecular flexibility index (Phi) is 7.26. The first-order valence-electron chi connectivity index (χ1n) is 6.40. The molecule has 19 heavy (non-hydrogen) atoms. The predicted molar refractivity (Wildman–Crippen MR) is 79.6 cm³/mol. The lowest BCUT2D eigenvalue weighted by molar-refractivity contribution is -0.137. The molecule has 0 aliphatic heterocycles. The van der Waals surface area contributed by atoms with Crippen molar-refractivity contribution in [2.45, 2.75) is 26.7 Å². The summed E-state index contributed by atoms with van der Waals surface area (Å²) in [4.78, 5) is 11.4. The van der Waals surface area contributed by atoms with Gasteiger partial charge in [0.15, 0.2) is 0 Å². The molecule has 1 aromatic carbocycles. The van der Waals surface area contributed by atoms with E-state index >= 15 is 0 Å². The van der Waals surface area contributed by atoms with E-state index in [1.165, 1.54) is 6.08 Å². The van der Waals surface area contributed by atoms with Gasteiger partial charge in [0.1, 0.15) is 11.5 Å². The molecular weight excluding hydrogens is 308 g/mol. The first-order chi connectivity index (χ1) is 9.21. The average molecular weight is 327 g/mol. The molecule has 0 radical (unpaired) electrons. The van der Waals surface area contributed by atoms with Crippen LogP contribution in [0.5, 0.6) is 5.75 Å². The van der Waals surface area contributed by atoms with E-state index < -0.39 is 0 Å². The molecule has 0 spiro atoms. The van der Waals surface area contributed by atoms with Crippen molar-refractivity contribution in [3.05, 3.63) is 41.7 Å². The van der Waals surface area contributed by atoms with Gasteiger partial charge >= 0.3 is 5.97 Å². The lowest BCUT2D eigenvalue weighted by Gasteiger charge is -2.11. The molecule has 0 aliphatic rings. The van der Waals surface area contributed by atoms with E-state index in [0.717, 1.165) is 24.2 Å². The lowest BCUT2D eigenvalue weighted by atomic mass is 10.1. The fourth-order valence-electron chi connectivity index (χ4n) is 1.63. The topological polar surface area (TPSA) is 35.5 Å². The molecule has 4 heteroatoms.